The van der Waals surface area contributed by atoms with Gasteiger partial charge in [-0.25, -0.2) is 8.42 Å². The third-order valence-corrected chi connectivity index (χ3v) is 5.49. The van der Waals surface area contributed by atoms with E-state index in [-0.39, 0.29) is 4.90 Å². The molecule has 0 aliphatic rings. The zero-order chi connectivity index (χ0) is 19.1. The van der Waals surface area contributed by atoms with Crippen LogP contribution in [0.3, 0.4) is 0 Å². The van der Waals surface area contributed by atoms with Gasteiger partial charge in [0.2, 0.25) is 0 Å². The maximum atomic E-state index is 12.7. The monoisotopic (exact) mass is 375 g/mol. The number of aryl methyl sites for hydroxylation is 2. The van der Waals surface area contributed by atoms with Gasteiger partial charge in [-0.15, -0.1) is 0 Å². The van der Waals surface area contributed by atoms with Gasteiger partial charge in [0.25, 0.3) is 10.0 Å². The SMILES string of the molecule is COc1ccccc1NS(=O)(=O)c1ccc2c(c1)n(C)c(=O)c(=O)n2C. The Morgan fingerprint density at radius 1 is 0.923 bits per heavy atom. The number of ether oxygens (including phenoxy) is 1. The predicted octanol–water partition coefficient (Wildman–Crippen LogP) is 1.05. The lowest BCUT2D eigenvalue weighted by atomic mass is 10.3. The first kappa shape index (κ1) is 17.7. The molecule has 0 fully saturated rings. The Hall–Kier alpha value is -3.07. The van der Waals surface area contributed by atoms with Crippen molar-refractivity contribution in [2.75, 3.05) is 11.8 Å². The van der Waals surface area contributed by atoms with Crippen molar-refractivity contribution in [2.45, 2.75) is 4.90 Å². The zero-order valence-corrected chi connectivity index (χ0v) is 15.2. The Labute approximate surface area is 149 Å². The summed E-state index contributed by atoms with van der Waals surface area (Å²) in [6.45, 7) is 0. The third-order valence-electron chi connectivity index (χ3n) is 4.12. The predicted molar refractivity (Wildman–Crippen MR) is 98.2 cm³/mol. The fraction of sp³-hybridized carbons (Fsp3) is 0.176. The number of nitrogens with one attached hydrogen (secondary N) is 1. The summed E-state index contributed by atoms with van der Waals surface area (Å²) in [5.74, 6) is 0.381. The molecular weight excluding hydrogens is 358 g/mol. The molecule has 0 unspecified atom stereocenters. The van der Waals surface area contributed by atoms with E-state index in [2.05, 4.69) is 4.72 Å². The molecular formula is C17H17N3O5S. The van der Waals surface area contributed by atoms with Crippen LogP contribution in [0.4, 0.5) is 5.69 Å². The van der Waals surface area contributed by atoms with Gasteiger partial charge in [0.05, 0.1) is 28.7 Å². The van der Waals surface area contributed by atoms with E-state index in [1.54, 1.807) is 24.3 Å². The highest BCUT2D eigenvalue weighted by Gasteiger charge is 2.18. The minimum atomic E-state index is -3.92. The standard InChI is InChI=1S/C17H17N3O5S/c1-19-13-9-8-11(10-14(13)20(2)17(22)16(19)21)26(23,24)18-12-6-4-5-7-15(12)25-3/h4-10,18H,1-3H3. The Bertz CT molecular complexity index is 1230. The van der Waals surface area contributed by atoms with Gasteiger partial charge < -0.3 is 13.9 Å². The van der Waals surface area contributed by atoms with Gasteiger partial charge in [0.1, 0.15) is 5.75 Å². The molecule has 26 heavy (non-hydrogen) atoms. The quantitative estimate of drug-likeness (QED) is 0.687. The van der Waals surface area contributed by atoms with E-state index in [0.29, 0.717) is 22.5 Å². The van der Waals surface area contributed by atoms with Crippen LogP contribution in [-0.4, -0.2) is 24.7 Å². The van der Waals surface area contributed by atoms with E-state index in [9.17, 15) is 18.0 Å². The van der Waals surface area contributed by atoms with Crippen molar-refractivity contribution < 1.29 is 13.2 Å². The maximum Gasteiger partial charge on any atom is 0.316 e. The molecule has 1 aromatic heterocycles. The van der Waals surface area contributed by atoms with Gasteiger partial charge in [0, 0.05) is 14.1 Å². The van der Waals surface area contributed by atoms with E-state index in [1.807, 2.05) is 0 Å². The number of nitrogens with zero attached hydrogens (tertiary/aromatic N) is 2. The van der Waals surface area contributed by atoms with Gasteiger partial charge in [-0.1, -0.05) is 12.1 Å². The van der Waals surface area contributed by atoms with E-state index in [0.717, 1.165) is 4.57 Å². The normalized spacial score (nSPS) is 11.5. The molecule has 0 aliphatic heterocycles. The highest BCUT2D eigenvalue weighted by atomic mass is 32.2. The number of anilines is 1. The number of methoxy groups -OCH3 is 1. The first-order chi connectivity index (χ1) is 12.3. The van der Waals surface area contributed by atoms with Crippen molar-refractivity contribution >= 4 is 26.7 Å². The van der Waals surface area contributed by atoms with Gasteiger partial charge in [-0.2, -0.15) is 0 Å². The molecule has 0 amide bonds. The summed E-state index contributed by atoms with van der Waals surface area (Å²) in [4.78, 5) is 23.8. The Morgan fingerprint density at radius 3 is 2.19 bits per heavy atom. The average Bonchev–Trinajstić information content (AvgIpc) is 2.64. The van der Waals surface area contributed by atoms with Crippen molar-refractivity contribution in [1.82, 2.24) is 9.13 Å². The Kier molecular flexibility index (Phi) is 4.33. The van der Waals surface area contributed by atoms with Crippen molar-refractivity contribution in [3.63, 3.8) is 0 Å². The van der Waals surface area contributed by atoms with Crippen LogP contribution in [0.1, 0.15) is 0 Å². The molecule has 9 heteroatoms. The minimum Gasteiger partial charge on any atom is -0.495 e. The van der Waals surface area contributed by atoms with Crippen LogP contribution >= 0.6 is 0 Å². The van der Waals surface area contributed by atoms with Crippen LogP contribution in [0.5, 0.6) is 5.75 Å². The zero-order valence-electron chi connectivity index (χ0n) is 14.4. The molecule has 136 valence electrons. The molecule has 0 bridgehead atoms. The van der Waals surface area contributed by atoms with Crippen molar-refractivity contribution in [1.29, 1.82) is 0 Å². The van der Waals surface area contributed by atoms with Crippen LogP contribution in [0.2, 0.25) is 0 Å². The summed E-state index contributed by atoms with van der Waals surface area (Å²) in [7, 11) is 0.413. The number of sulfonamides is 1. The number of benzene rings is 2. The average molecular weight is 375 g/mol. The Balaban J connectivity index is 2.16. The van der Waals surface area contributed by atoms with Gasteiger partial charge in [-0.05, 0) is 30.3 Å². The van der Waals surface area contributed by atoms with Crippen LogP contribution < -0.4 is 20.6 Å². The number of aromatic nitrogens is 2. The molecule has 8 nitrogen and oxygen atoms in total. The molecule has 1 heterocycles. The lowest BCUT2D eigenvalue weighted by molar-refractivity contribution is 0.417. The summed E-state index contributed by atoms with van der Waals surface area (Å²) >= 11 is 0. The van der Waals surface area contributed by atoms with Gasteiger partial charge in [0.15, 0.2) is 0 Å². The molecule has 3 rings (SSSR count). The summed E-state index contributed by atoms with van der Waals surface area (Å²) in [6.07, 6.45) is 0. The summed E-state index contributed by atoms with van der Waals surface area (Å²) < 4.78 is 35.4. The molecule has 0 saturated carbocycles. The topological polar surface area (TPSA) is 99.4 Å². The van der Waals surface area contributed by atoms with E-state index in [1.165, 1.54) is 44.0 Å². The summed E-state index contributed by atoms with van der Waals surface area (Å²) in [5.41, 5.74) is -0.326. The number of fused-ring (bicyclic) bond motifs is 1. The summed E-state index contributed by atoms with van der Waals surface area (Å²) in [6, 6.07) is 10.8. The van der Waals surface area contributed by atoms with Crippen LogP contribution in [0.15, 0.2) is 56.9 Å². The van der Waals surface area contributed by atoms with Crippen molar-refractivity contribution in [3.8, 4) is 5.75 Å². The molecule has 0 spiro atoms. The molecule has 1 N–H and O–H groups in total. The second-order valence-corrected chi connectivity index (χ2v) is 7.37. The second kappa shape index (κ2) is 6.34. The van der Waals surface area contributed by atoms with Crippen LogP contribution in [-0.2, 0) is 24.1 Å². The third kappa shape index (κ3) is 2.86. The first-order valence-corrected chi connectivity index (χ1v) is 9.10. The lowest BCUT2D eigenvalue weighted by Crippen LogP contribution is -2.39. The lowest BCUT2D eigenvalue weighted by Gasteiger charge is -2.13. The van der Waals surface area contributed by atoms with Gasteiger partial charge >= 0.3 is 11.1 Å². The largest absolute Gasteiger partial charge is 0.495 e. The van der Waals surface area contributed by atoms with E-state index in [4.69, 9.17) is 4.74 Å². The smallest absolute Gasteiger partial charge is 0.316 e. The first-order valence-electron chi connectivity index (χ1n) is 7.62. The molecule has 0 aliphatic carbocycles. The second-order valence-electron chi connectivity index (χ2n) is 5.68. The van der Waals surface area contributed by atoms with Crippen molar-refractivity contribution in [3.05, 3.63) is 63.2 Å². The number of rotatable bonds is 4. The Morgan fingerprint density at radius 2 is 1.54 bits per heavy atom. The number of hydrogen-bond acceptors (Lipinski definition) is 5. The minimum absolute atomic E-state index is 0.0374. The van der Waals surface area contributed by atoms with Crippen LogP contribution in [0, 0.1) is 0 Å². The fourth-order valence-corrected chi connectivity index (χ4v) is 3.75. The molecule has 0 atom stereocenters. The van der Waals surface area contributed by atoms with E-state index >= 15 is 0 Å². The summed E-state index contributed by atoms with van der Waals surface area (Å²) in [5, 5.41) is 0. The van der Waals surface area contributed by atoms with Crippen LogP contribution in [0.25, 0.3) is 11.0 Å². The highest BCUT2D eigenvalue weighted by Crippen LogP contribution is 2.26. The molecule has 2 aromatic carbocycles. The molecule has 0 radical (unpaired) electrons. The maximum absolute atomic E-state index is 12.7. The molecule has 0 saturated heterocycles. The number of hydrogen-bond donors (Lipinski definition) is 1. The van der Waals surface area contributed by atoms with E-state index < -0.39 is 21.1 Å². The number of para-hydroxylation sites is 2. The van der Waals surface area contributed by atoms with Gasteiger partial charge in [-0.3, -0.25) is 14.3 Å². The fourth-order valence-electron chi connectivity index (χ4n) is 2.66. The van der Waals surface area contributed by atoms with Crippen molar-refractivity contribution in [2.24, 2.45) is 14.1 Å². The highest BCUT2D eigenvalue weighted by molar-refractivity contribution is 7.92. The molecule has 3 aromatic rings.